The molecule has 4 atom stereocenters. The minimum Gasteiger partial charge on any atom is -0.799 e. The Morgan fingerprint density at radius 3 is 0.744 bits per heavy atom. The molecule has 0 aromatic heterocycles. The molecule has 0 aromatic carbocycles. The van der Waals surface area contributed by atoms with Gasteiger partial charge in [0.05, 0.1) is 0 Å². The Morgan fingerprint density at radius 2 is 0.590 bits per heavy atom. The van der Waals surface area contributed by atoms with Crippen molar-refractivity contribution in [1.82, 2.24) is 0 Å². The van der Waals surface area contributed by atoms with Crippen LogP contribution in [0.5, 0.6) is 0 Å². The molecule has 239 valence electrons. The fraction of sp³-hybridized carbons (Fsp3) is 1.00. The molecule has 0 saturated heterocycles. The molecule has 0 amide bonds. The van der Waals surface area contributed by atoms with Crippen LogP contribution in [0.2, 0.25) is 0 Å². The Hall–Kier alpha value is 0.886. The van der Waals surface area contributed by atoms with Crippen molar-refractivity contribution >= 4 is 14.7 Å². The third-order valence-electron chi connectivity index (χ3n) is 8.36. The van der Waals surface area contributed by atoms with Crippen LogP contribution in [0.1, 0.15) is 184 Å². The molecule has 0 spiro atoms. The summed E-state index contributed by atoms with van der Waals surface area (Å²) in [7, 11) is -6.44. The molecule has 4 nitrogen and oxygen atoms in total. The van der Waals surface area contributed by atoms with Crippen LogP contribution in [-0.4, -0.2) is 22.6 Å². The monoisotopic (exact) mass is 637 g/mol. The van der Waals surface area contributed by atoms with Gasteiger partial charge in [-0.1, -0.05) is 158 Å². The van der Waals surface area contributed by atoms with Gasteiger partial charge in [0, 0.05) is 14.7 Å². The standard InChI is InChI=1S/2C16H35O2P.Co/c2*1-5-7-9-11-13-15(3)19(17,18)16(4)14-12-10-8-6-2;/h2*15-16H,5-14H2,1-4H3,(H,17,18);/q;;+2/p-2. The van der Waals surface area contributed by atoms with E-state index < -0.39 is 14.7 Å². The van der Waals surface area contributed by atoms with Crippen LogP contribution in [0.15, 0.2) is 0 Å². The minimum atomic E-state index is -3.22. The normalized spacial score (nSPS) is 17.5. The summed E-state index contributed by atoms with van der Waals surface area (Å²) in [5, 5.41) is 0. The van der Waals surface area contributed by atoms with Crippen LogP contribution < -0.4 is 9.79 Å². The second-order valence-corrected chi connectivity index (χ2v) is 18.2. The van der Waals surface area contributed by atoms with Crippen LogP contribution >= 0.6 is 14.7 Å². The number of hydrogen-bond donors (Lipinski definition) is 0. The zero-order valence-corrected chi connectivity index (χ0v) is 30.1. The summed E-state index contributed by atoms with van der Waals surface area (Å²) in [5.74, 6) is 0. The molecular weight excluding hydrogens is 569 g/mol. The molecule has 0 rings (SSSR count). The number of hydrogen-bond acceptors (Lipinski definition) is 4. The van der Waals surface area contributed by atoms with Crippen LogP contribution in [0.4, 0.5) is 0 Å². The van der Waals surface area contributed by atoms with E-state index >= 15 is 0 Å². The van der Waals surface area contributed by atoms with Crippen molar-refractivity contribution in [3.05, 3.63) is 0 Å². The van der Waals surface area contributed by atoms with Crippen LogP contribution in [0.25, 0.3) is 0 Å². The average molecular weight is 638 g/mol. The van der Waals surface area contributed by atoms with Crippen LogP contribution in [0, 0.1) is 0 Å². The molecule has 0 heterocycles. The van der Waals surface area contributed by atoms with Gasteiger partial charge in [-0.05, 0) is 48.3 Å². The first kappa shape index (κ1) is 44.3. The van der Waals surface area contributed by atoms with E-state index in [-0.39, 0.29) is 39.4 Å². The number of unbranched alkanes of at least 4 members (excludes halogenated alkanes) is 12. The zero-order valence-electron chi connectivity index (χ0n) is 27.3. The third kappa shape index (κ3) is 22.1. The van der Waals surface area contributed by atoms with Crippen molar-refractivity contribution in [2.24, 2.45) is 0 Å². The Bertz CT molecular complexity index is 521. The van der Waals surface area contributed by atoms with E-state index in [1.807, 2.05) is 27.7 Å². The van der Waals surface area contributed by atoms with E-state index in [2.05, 4.69) is 27.7 Å². The van der Waals surface area contributed by atoms with Crippen molar-refractivity contribution in [2.45, 2.75) is 206 Å². The van der Waals surface area contributed by atoms with E-state index in [0.29, 0.717) is 0 Å². The van der Waals surface area contributed by atoms with Gasteiger partial charge in [-0.25, -0.2) is 0 Å². The molecule has 0 bridgehead atoms. The molecule has 0 saturated carbocycles. The summed E-state index contributed by atoms with van der Waals surface area (Å²) in [5.41, 5.74) is -0.535. The Morgan fingerprint density at radius 1 is 0.410 bits per heavy atom. The fourth-order valence-corrected chi connectivity index (χ4v) is 8.96. The van der Waals surface area contributed by atoms with Gasteiger partial charge in [0.25, 0.3) is 0 Å². The predicted molar refractivity (Wildman–Crippen MR) is 168 cm³/mol. The summed E-state index contributed by atoms with van der Waals surface area (Å²) in [4.78, 5) is 24.8. The van der Waals surface area contributed by atoms with Crippen molar-refractivity contribution in [3.8, 4) is 0 Å². The van der Waals surface area contributed by atoms with Gasteiger partial charge >= 0.3 is 16.8 Å². The molecule has 0 aliphatic heterocycles. The first-order valence-electron chi connectivity index (χ1n) is 16.5. The molecule has 0 fully saturated rings. The Balaban J connectivity index is -0.000000648. The fourth-order valence-electron chi connectivity index (χ4n) is 5.05. The molecule has 0 N–H and O–H groups in total. The third-order valence-corrected chi connectivity index (χ3v) is 14.3. The van der Waals surface area contributed by atoms with Gasteiger partial charge < -0.3 is 18.9 Å². The van der Waals surface area contributed by atoms with Gasteiger partial charge in [-0.3, -0.25) is 0 Å². The number of rotatable bonds is 24. The molecule has 0 aliphatic rings. The topological polar surface area (TPSA) is 80.3 Å². The van der Waals surface area contributed by atoms with E-state index in [0.717, 1.165) is 51.4 Å². The SMILES string of the molecule is CCCCCCC(C)P(=O)([O-])C(C)CCCCCC.CCCCCCC(C)P(=O)([O-])C(C)CCCCCC.[Co+2]. The maximum absolute atomic E-state index is 12.4. The summed E-state index contributed by atoms with van der Waals surface area (Å²) < 4.78 is 24.8. The molecule has 1 radical (unpaired) electrons. The maximum Gasteiger partial charge on any atom is 2.00 e. The smallest absolute Gasteiger partial charge is 0.799 e. The average Bonchev–Trinajstić information content (AvgIpc) is 2.89. The summed E-state index contributed by atoms with van der Waals surface area (Å²) in [6, 6.07) is 0. The molecule has 0 aromatic rings. The summed E-state index contributed by atoms with van der Waals surface area (Å²) >= 11 is 0. The van der Waals surface area contributed by atoms with Gasteiger partial charge in [-0.15, -0.1) is 0 Å². The van der Waals surface area contributed by atoms with E-state index in [1.165, 1.54) is 77.0 Å². The van der Waals surface area contributed by atoms with E-state index in [4.69, 9.17) is 0 Å². The first-order valence-corrected chi connectivity index (χ1v) is 20.1. The largest absolute Gasteiger partial charge is 2.00 e. The molecule has 7 heteroatoms. The van der Waals surface area contributed by atoms with E-state index in [1.54, 1.807) is 0 Å². The molecular formula is C32H68CoO4P2. The van der Waals surface area contributed by atoms with Crippen molar-refractivity contribution in [2.75, 3.05) is 0 Å². The quantitative estimate of drug-likeness (QED) is 0.0779. The van der Waals surface area contributed by atoms with Gasteiger partial charge in [-0.2, -0.15) is 0 Å². The first-order chi connectivity index (χ1) is 17.9. The Kier molecular flexibility index (Phi) is 31.5. The minimum absolute atomic E-state index is 0. The van der Waals surface area contributed by atoms with Crippen LogP contribution in [0.3, 0.4) is 0 Å². The van der Waals surface area contributed by atoms with Gasteiger partial charge in [0.15, 0.2) is 0 Å². The second-order valence-electron chi connectivity index (χ2n) is 12.1. The maximum atomic E-state index is 12.4. The molecule has 39 heavy (non-hydrogen) atoms. The second kappa shape index (κ2) is 27.7. The molecule has 0 aliphatic carbocycles. The van der Waals surface area contributed by atoms with Crippen LogP contribution in [-0.2, 0) is 25.9 Å². The van der Waals surface area contributed by atoms with E-state index in [9.17, 15) is 18.9 Å². The van der Waals surface area contributed by atoms with Crippen molar-refractivity contribution in [1.29, 1.82) is 0 Å². The van der Waals surface area contributed by atoms with Crippen molar-refractivity contribution < 1.29 is 35.7 Å². The summed E-state index contributed by atoms with van der Waals surface area (Å²) in [6.07, 6.45) is 22.0. The van der Waals surface area contributed by atoms with Gasteiger partial charge in [0.1, 0.15) is 0 Å². The summed E-state index contributed by atoms with van der Waals surface area (Å²) in [6.45, 7) is 16.3. The molecule has 4 unspecified atom stereocenters. The van der Waals surface area contributed by atoms with Crippen molar-refractivity contribution in [3.63, 3.8) is 0 Å². The Labute approximate surface area is 256 Å². The predicted octanol–water partition coefficient (Wildman–Crippen LogP) is 10.7. The van der Waals surface area contributed by atoms with Gasteiger partial charge in [0.2, 0.25) is 0 Å². The zero-order chi connectivity index (χ0) is 29.5.